The first-order valence-corrected chi connectivity index (χ1v) is 30.4. The quantitative estimate of drug-likeness (QED) is 0.119. The second-order valence-corrected chi connectivity index (χ2v) is 23.9. The Bertz CT molecular complexity index is 4970. The lowest BCUT2D eigenvalue weighted by atomic mass is 9.54. The molecule has 0 aliphatic carbocycles. The average molecular weight is 1170 g/mol. The summed E-state index contributed by atoms with van der Waals surface area (Å²) in [4.78, 5) is 20.7. The van der Waals surface area contributed by atoms with Gasteiger partial charge >= 0.3 is 20.5 Å². The number of anilines is 3. The van der Waals surface area contributed by atoms with Crippen molar-refractivity contribution in [2.75, 3.05) is 14.4 Å². The predicted octanol–water partition coefficient (Wildman–Crippen LogP) is 13.6. The third-order valence-corrected chi connectivity index (χ3v) is 17.7. The maximum Gasteiger partial charge on any atom is 0.413 e. The van der Waals surface area contributed by atoms with E-state index in [4.69, 9.17) is 17.4 Å². The molecule has 15 heteroatoms. The normalized spacial score (nSPS) is 14.2. The number of hydrogen-bond acceptors (Lipinski definition) is 9. The topological polar surface area (TPSA) is 99.5 Å². The van der Waals surface area contributed by atoms with Crippen LogP contribution >= 0.6 is 0 Å². The third kappa shape index (κ3) is 10.6. The van der Waals surface area contributed by atoms with Gasteiger partial charge in [0.25, 0.3) is 17.5 Å². The van der Waals surface area contributed by atoms with E-state index in [1.807, 2.05) is 93.9 Å². The Morgan fingerprint density at radius 1 is 0.393 bits per heavy atom. The number of hydrogen-bond donors (Lipinski definition) is 0. The molecule has 0 fully saturated rings. The summed E-state index contributed by atoms with van der Waals surface area (Å²) in [5.41, 5.74) is 19.8. The van der Waals surface area contributed by atoms with E-state index in [1.54, 1.807) is 6.20 Å². The number of aryl methyl sites for hydroxylation is 8. The Balaban J connectivity index is 0.000000126. The first-order chi connectivity index (χ1) is 44.1. The van der Waals surface area contributed by atoms with Crippen molar-refractivity contribution in [3.63, 3.8) is 0 Å². The number of fused-ring (bicyclic) bond motifs is 9. The first kappa shape index (κ1) is 54.4. The van der Waals surface area contributed by atoms with Crippen LogP contribution in [0.15, 0.2) is 201 Å². The molecule has 0 N–H and O–H groups in total. The molecule has 0 atom stereocenters. The summed E-state index contributed by atoms with van der Waals surface area (Å²) in [6.45, 7) is 19.1. The van der Waals surface area contributed by atoms with Crippen LogP contribution in [0.1, 0.15) is 70.4 Å². The Labute approximate surface area is 527 Å². The summed E-state index contributed by atoms with van der Waals surface area (Å²) in [7, 11) is 6.11. The predicted molar refractivity (Wildman–Crippen MR) is 367 cm³/mol. The summed E-state index contributed by atoms with van der Waals surface area (Å²) < 4.78 is 48.9. The number of nitrogens with zero attached hydrogens (tertiary/aromatic N) is 9. The van der Waals surface area contributed by atoms with E-state index in [-0.39, 0.29) is 20.5 Å². The van der Waals surface area contributed by atoms with Gasteiger partial charge in [0.1, 0.15) is 17.3 Å². The van der Waals surface area contributed by atoms with E-state index in [0.717, 1.165) is 108 Å². The minimum Gasteiger partial charge on any atom is -0.439 e. The van der Waals surface area contributed by atoms with Crippen LogP contribution < -0.4 is 44.5 Å². The van der Waals surface area contributed by atoms with E-state index in [0.29, 0.717) is 16.8 Å². The van der Waals surface area contributed by atoms with E-state index < -0.39 is 6.85 Å². The van der Waals surface area contributed by atoms with E-state index in [2.05, 4.69) is 222 Å². The van der Waals surface area contributed by atoms with Crippen LogP contribution in [0.3, 0.4) is 0 Å². The molecule has 89 heavy (non-hydrogen) atoms. The smallest absolute Gasteiger partial charge is 0.413 e. The highest BCUT2D eigenvalue weighted by Crippen LogP contribution is 2.35. The van der Waals surface area contributed by atoms with Crippen molar-refractivity contribution in [2.45, 2.75) is 75.8 Å². The van der Waals surface area contributed by atoms with Crippen molar-refractivity contribution in [3.05, 3.63) is 233 Å². The van der Waals surface area contributed by atoms with Gasteiger partial charge in [-0.3, -0.25) is 14.4 Å². The van der Waals surface area contributed by atoms with Crippen molar-refractivity contribution in [1.29, 1.82) is 0 Å². The van der Waals surface area contributed by atoms with Crippen LogP contribution in [0.2, 0.25) is 20.5 Å². The summed E-state index contributed by atoms with van der Waals surface area (Å²) in [5.74, 6) is 5.88. The molecule has 0 spiro atoms. The van der Waals surface area contributed by atoms with Gasteiger partial charge in [-0.2, -0.15) is 0 Å². The fourth-order valence-corrected chi connectivity index (χ4v) is 13.4. The molecule has 0 radical (unpaired) electrons. The molecule has 3 aromatic carbocycles. The van der Waals surface area contributed by atoms with Crippen LogP contribution in [0.5, 0.6) is 0 Å². The molecule has 3 aliphatic heterocycles. The van der Waals surface area contributed by atoms with Crippen LogP contribution in [0, 0.1) is 34.5 Å². The summed E-state index contributed by atoms with van der Waals surface area (Å²) in [6, 6.07) is 51.9. The number of furan rings is 3. The lowest BCUT2D eigenvalue weighted by molar-refractivity contribution is -0.658. The fourth-order valence-electron chi connectivity index (χ4n) is 13.4. The molecule has 12 aromatic rings. The summed E-state index contributed by atoms with van der Waals surface area (Å²) in [6.07, 6.45) is 12.4. The van der Waals surface area contributed by atoms with Crippen LogP contribution in [-0.2, 0) is 21.1 Å². The second-order valence-electron chi connectivity index (χ2n) is 23.9. The van der Waals surface area contributed by atoms with Gasteiger partial charge in [0.2, 0.25) is 17.1 Å². The molecule has 15 rings (SSSR count). The molecule has 0 unspecified atom stereocenters. The van der Waals surface area contributed by atoms with Gasteiger partial charge in [-0.25, -0.2) is 28.7 Å². The van der Waals surface area contributed by atoms with E-state index in [1.165, 1.54) is 38.7 Å². The molecule has 3 aliphatic rings. The molecule has 12 heterocycles. The van der Waals surface area contributed by atoms with Gasteiger partial charge in [-0.1, -0.05) is 91.0 Å². The molecule has 9 aromatic heterocycles. The van der Waals surface area contributed by atoms with Crippen molar-refractivity contribution >= 4 is 106 Å². The third-order valence-electron chi connectivity index (χ3n) is 17.7. The summed E-state index contributed by atoms with van der Waals surface area (Å²) in [5, 5.41) is 3.19. The highest BCUT2D eigenvalue weighted by molar-refractivity contribution is 6.80. The monoisotopic (exact) mass is 1170 g/mol. The van der Waals surface area contributed by atoms with Gasteiger partial charge in [0.05, 0.1) is 56.8 Å². The Hall–Kier alpha value is -10.0. The van der Waals surface area contributed by atoms with Crippen LogP contribution in [-0.4, -0.2) is 35.5 Å². The lowest BCUT2D eigenvalue weighted by Crippen LogP contribution is -2.52. The second kappa shape index (κ2) is 23.3. The number of benzene rings is 3. The molecular formula is C74H73B3N9O3+3. The van der Waals surface area contributed by atoms with Crippen molar-refractivity contribution in [1.82, 2.24) is 15.0 Å². The largest absolute Gasteiger partial charge is 0.439 e. The Kier molecular flexibility index (Phi) is 14.2. The molecular weight excluding hydrogens is 1100 g/mol. The zero-order valence-electron chi connectivity index (χ0n) is 55.9. The summed E-state index contributed by atoms with van der Waals surface area (Å²) >= 11 is 0. The molecule has 12 nitrogen and oxygen atoms in total. The number of aromatic nitrogens is 6. The number of pyridine rings is 6. The maximum absolute atomic E-state index is 8.11. The Morgan fingerprint density at radius 2 is 0.775 bits per heavy atom. The van der Waals surface area contributed by atoms with Gasteiger partial charge in [0.15, 0.2) is 0 Å². The average Bonchev–Trinajstić information content (AvgIpc) is 1.49. The molecule has 0 bridgehead atoms. The number of rotatable bonds is 6. The van der Waals surface area contributed by atoms with E-state index >= 15 is 0 Å². The highest BCUT2D eigenvalue weighted by atomic mass is 16.4. The number of allylic oxidation sites excluding steroid dienone is 3. The van der Waals surface area contributed by atoms with E-state index in [9.17, 15) is 0 Å². The maximum atomic E-state index is 8.11. The minimum atomic E-state index is -2.22. The lowest BCUT2D eigenvalue weighted by Gasteiger charge is -2.27. The molecule has 0 saturated heterocycles. The molecule has 0 saturated carbocycles. The first-order valence-electron chi connectivity index (χ1n) is 31.9. The van der Waals surface area contributed by atoms with Crippen LogP contribution in [0.25, 0.3) is 84.9 Å². The van der Waals surface area contributed by atoms with Gasteiger partial charge < -0.3 is 13.3 Å². The van der Waals surface area contributed by atoms with Crippen molar-refractivity contribution in [3.8, 4) is 33.4 Å². The Morgan fingerprint density at radius 3 is 1.20 bits per heavy atom. The zero-order valence-corrected chi connectivity index (χ0v) is 52.9. The minimum absolute atomic E-state index is 0.0239. The van der Waals surface area contributed by atoms with Gasteiger partial charge in [0, 0.05) is 95.7 Å². The molecule has 0 amide bonds. The van der Waals surface area contributed by atoms with Crippen molar-refractivity contribution in [2.24, 2.45) is 21.1 Å². The SMILES string of the molecule is CB1c2c(oc3nc(C)ccc23)C=C(C)N1c1cc(-c2ccccc2)cc[n+]1C.CB1c2c(oc3nc(C)ccc23)C=C(C)N1c1cc(C)c(-c2ccccc2)c[n+]1C.[2H]C([2H])([2H])c1c[n+](C)c(N2B(C)c3c(oc4nc(C)ccc34)C=C2C)cc1-c1ccccc1. The highest BCUT2D eigenvalue weighted by Gasteiger charge is 2.44. The molecule has 438 valence electrons. The van der Waals surface area contributed by atoms with Crippen LogP contribution in [0.4, 0.5) is 17.5 Å². The van der Waals surface area contributed by atoms with Gasteiger partial charge in [-0.15, -0.1) is 0 Å². The standard InChI is InChI=1S/2C25H25BN3O.C24H23BN3O/c1-16-15-28(5)23(14-21(16)19-9-7-6-8-10-19)29-18(3)13-22-24(26(29)4)20-12-11-17(2)27-25(20)30-22;1-16-13-23(28(5)15-21(16)19-9-7-6-8-10-19)29-18(3)14-22-24(26(29)4)20-12-11-17(2)27-25(20)30-22;1-16-10-11-20-23-21(29-24(20)26-16)14-17(2)28(25(23)3)22-15-19(12-13-27(22)4)18-8-6-5-7-9-18/h2*6-15H,1-5H3;5-15H,1-4H3/q3*+1/i1D3;;. The van der Waals surface area contributed by atoms with Crippen molar-refractivity contribution < 1.29 is 31.1 Å². The van der Waals surface area contributed by atoms with Gasteiger partial charge in [-0.05, 0) is 157 Å². The fraction of sp³-hybridized carbons (Fsp3) is 0.189. The zero-order chi connectivity index (χ0) is 64.6.